The van der Waals surface area contributed by atoms with Crippen molar-refractivity contribution in [1.82, 2.24) is 30.6 Å². The van der Waals surface area contributed by atoms with Crippen molar-refractivity contribution in [3.8, 4) is 11.3 Å². The molecule has 0 saturated carbocycles. The van der Waals surface area contributed by atoms with E-state index in [9.17, 15) is 19.5 Å². The van der Waals surface area contributed by atoms with Crippen LogP contribution in [-0.2, 0) is 39.8 Å². The lowest BCUT2D eigenvalue weighted by atomic mass is 9.72. The third-order valence-electron chi connectivity index (χ3n) is 13.0. The van der Waals surface area contributed by atoms with Crippen LogP contribution in [0.2, 0.25) is 0 Å². The summed E-state index contributed by atoms with van der Waals surface area (Å²) in [4.78, 5) is 44.2. The highest BCUT2D eigenvalue weighted by Crippen LogP contribution is 2.44. The van der Waals surface area contributed by atoms with Gasteiger partial charge < -0.3 is 50.2 Å². The van der Waals surface area contributed by atoms with E-state index in [0.29, 0.717) is 57.4 Å². The molecule has 326 valence electrons. The fraction of sp³-hybridized carbons (Fsp3) is 0.714. The molecule has 4 aliphatic rings. The van der Waals surface area contributed by atoms with Crippen molar-refractivity contribution < 1.29 is 43.2 Å². The Morgan fingerprint density at radius 1 is 1.12 bits per heavy atom. The van der Waals surface area contributed by atoms with Gasteiger partial charge in [0.2, 0.25) is 0 Å². The molecule has 1 unspecified atom stereocenters. The molecule has 5 N–H and O–H groups in total. The number of methoxy groups -OCH3 is 1. The SMILES string of the molecule is CC[C@H]1OC(=O)[C@H](C)C(=O)[C@H](C)[C@@H](O[C@@H]2O[C@H](C)C[C@H](NC)C2O)[C@](C)(OC)C[C@@H](C)C2=NNC[C@@H]2[C@H]2N(CCCCn3cc(-c4cccc(N)c4)nn3)C(=O)O[C@]12C. The number of aryl methyl sites for hydroxylation is 1. The van der Waals surface area contributed by atoms with Crippen LogP contribution in [0.25, 0.3) is 11.3 Å². The van der Waals surface area contributed by atoms with Gasteiger partial charge in [0.25, 0.3) is 0 Å². The molecule has 3 fully saturated rings. The molecule has 59 heavy (non-hydrogen) atoms. The molecule has 0 spiro atoms. The third-order valence-corrected chi connectivity index (χ3v) is 13.0. The molecule has 17 heteroatoms. The number of cyclic esters (lactones) is 1. The molecule has 1 amide bonds. The second-order valence-corrected chi connectivity index (χ2v) is 17.3. The van der Waals surface area contributed by atoms with Gasteiger partial charge in [-0.25, -0.2) is 4.79 Å². The number of aliphatic hydroxyl groups excluding tert-OH is 1. The zero-order valence-electron chi connectivity index (χ0n) is 35.9. The van der Waals surface area contributed by atoms with E-state index in [1.807, 2.05) is 65.1 Å². The van der Waals surface area contributed by atoms with Gasteiger partial charge in [-0.15, -0.1) is 5.10 Å². The number of aromatic nitrogens is 3. The molecule has 13 atom stereocenters. The fourth-order valence-corrected chi connectivity index (χ4v) is 9.72. The minimum Gasteiger partial charge on any atom is -0.458 e. The normalized spacial score (nSPS) is 36.8. The number of benzene rings is 1. The van der Waals surface area contributed by atoms with E-state index in [1.54, 1.807) is 30.7 Å². The highest BCUT2D eigenvalue weighted by Gasteiger charge is 2.61. The number of nitrogen functional groups attached to an aromatic ring is 1. The maximum absolute atomic E-state index is 14.4. The summed E-state index contributed by atoms with van der Waals surface area (Å²) in [5.41, 5.74) is 9.80. The summed E-state index contributed by atoms with van der Waals surface area (Å²) in [7, 11) is 3.34. The molecule has 2 aromatic rings. The maximum Gasteiger partial charge on any atom is 0.410 e. The number of ketones is 1. The number of ether oxygens (including phenoxy) is 5. The van der Waals surface area contributed by atoms with Crippen LogP contribution in [0.4, 0.5) is 10.5 Å². The summed E-state index contributed by atoms with van der Waals surface area (Å²) in [6, 6.07) is 6.60. The zero-order chi connectivity index (χ0) is 42.8. The summed E-state index contributed by atoms with van der Waals surface area (Å²) >= 11 is 0. The topological polar surface area (TPSA) is 214 Å². The second-order valence-electron chi connectivity index (χ2n) is 17.3. The Kier molecular flexibility index (Phi) is 13.7. The van der Waals surface area contributed by atoms with Gasteiger partial charge in [-0.1, -0.05) is 38.1 Å². The van der Waals surface area contributed by atoms with E-state index >= 15 is 0 Å². The zero-order valence-corrected chi connectivity index (χ0v) is 35.9. The summed E-state index contributed by atoms with van der Waals surface area (Å²) < 4.78 is 33.4. The van der Waals surface area contributed by atoms with Crippen LogP contribution in [0.5, 0.6) is 0 Å². The Morgan fingerprint density at radius 3 is 2.56 bits per heavy atom. The average molecular weight is 825 g/mol. The summed E-state index contributed by atoms with van der Waals surface area (Å²) in [6.45, 7) is 14.1. The van der Waals surface area contributed by atoms with Crippen LogP contribution in [0.1, 0.15) is 80.6 Å². The van der Waals surface area contributed by atoms with Crippen molar-refractivity contribution >= 4 is 29.2 Å². The number of carbonyl (C=O) groups excluding carboxylic acids is 3. The number of unbranched alkanes of at least 4 members (excludes halogenated alkanes) is 1. The Hall–Kier alpha value is -4.16. The van der Waals surface area contributed by atoms with Gasteiger partial charge in [0.1, 0.15) is 23.8 Å². The number of carbonyl (C=O) groups is 3. The predicted octanol–water partition coefficient (Wildman–Crippen LogP) is 3.54. The van der Waals surface area contributed by atoms with Gasteiger partial charge in [0.05, 0.1) is 30.0 Å². The van der Waals surface area contributed by atoms with Crippen LogP contribution in [0.15, 0.2) is 35.6 Å². The first-order valence-corrected chi connectivity index (χ1v) is 21.1. The number of fused-ring (bicyclic) bond motifs is 3. The molecular weight excluding hydrogens is 761 g/mol. The lowest BCUT2D eigenvalue weighted by molar-refractivity contribution is -0.289. The predicted molar refractivity (Wildman–Crippen MR) is 219 cm³/mol. The van der Waals surface area contributed by atoms with Crippen LogP contribution >= 0.6 is 0 Å². The van der Waals surface area contributed by atoms with E-state index < -0.39 is 71.5 Å². The smallest absolute Gasteiger partial charge is 0.410 e. The van der Waals surface area contributed by atoms with E-state index in [1.165, 1.54) is 6.92 Å². The number of rotatable bonds is 11. The summed E-state index contributed by atoms with van der Waals surface area (Å²) in [5.74, 6) is -3.80. The van der Waals surface area contributed by atoms with Gasteiger partial charge >= 0.3 is 12.1 Å². The van der Waals surface area contributed by atoms with Crippen molar-refractivity contribution in [2.75, 3.05) is 33.0 Å². The minimum absolute atomic E-state index is 0.235. The van der Waals surface area contributed by atoms with Gasteiger partial charge in [0, 0.05) is 61.6 Å². The van der Waals surface area contributed by atoms with E-state index in [-0.39, 0.29) is 24.0 Å². The number of esters is 1. The number of hydrogen-bond donors (Lipinski definition) is 4. The van der Waals surface area contributed by atoms with Crippen molar-refractivity contribution in [2.45, 2.75) is 141 Å². The van der Waals surface area contributed by atoms with E-state index in [0.717, 1.165) is 17.0 Å². The number of amides is 1. The summed E-state index contributed by atoms with van der Waals surface area (Å²) in [6.07, 6.45) is -0.231. The van der Waals surface area contributed by atoms with Gasteiger partial charge in [-0.2, -0.15) is 5.10 Å². The Labute approximate surface area is 347 Å². The van der Waals surface area contributed by atoms with E-state index in [4.69, 9.17) is 34.5 Å². The van der Waals surface area contributed by atoms with E-state index in [2.05, 4.69) is 21.1 Å². The largest absolute Gasteiger partial charge is 0.458 e. The first-order chi connectivity index (χ1) is 28.0. The van der Waals surface area contributed by atoms with Crippen molar-refractivity contribution in [1.29, 1.82) is 0 Å². The van der Waals surface area contributed by atoms with Crippen molar-refractivity contribution in [3.05, 3.63) is 30.5 Å². The molecule has 0 bridgehead atoms. The number of Topliss-reactive ketones (excluding diaryl/α,β-unsaturated/α-hetero) is 1. The molecule has 5 heterocycles. The van der Waals surface area contributed by atoms with Gasteiger partial charge in [0.15, 0.2) is 17.7 Å². The number of nitrogens with one attached hydrogen (secondary N) is 2. The Morgan fingerprint density at radius 2 is 1.86 bits per heavy atom. The number of hydrogen-bond acceptors (Lipinski definition) is 15. The molecule has 4 aliphatic heterocycles. The Balaban J connectivity index is 1.29. The number of likely N-dealkylation sites (N-methyl/N-ethyl adjacent to an activating group) is 1. The molecule has 0 radical (unpaired) electrons. The van der Waals surface area contributed by atoms with Gasteiger partial charge in [-0.05, 0) is 84.9 Å². The van der Waals surface area contributed by atoms with Crippen LogP contribution < -0.4 is 16.5 Å². The number of aliphatic hydroxyl groups is 1. The molecule has 1 aromatic heterocycles. The lowest BCUT2D eigenvalue weighted by Crippen LogP contribution is -2.60. The first kappa shape index (κ1) is 44.4. The molecule has 0 aliphatic carbocycles. The lowest BCUT2D eigenvalue weighted by Gasteiger charge is -2.46. The molecule has 17 nitrogen and oxygen atoms in total. The molecule has 6 rings (SSSR count). The van der Waals surface area contributed by atoms with Crippen LogP contribution in [0.3, 0.4) is 0 Å². The maximum atomic E-state index is 14.4. The molecular formula is C42H64N8O9. The van der Waals surface area contributed by atoms with Crippen molar-refractivity contribution in [3.63, 3.8) is 0 Å². The number of hydrazone groups is 1. The van der Waals surface area contributed by atoms with Gasteiger partial charge in [-0.3, -0.25) is 14.3 Å². The fourth-order valence-electron chi connectivity index (χ4n) is 9.72. The number of anilines is 1. The first-order valence-electron chi connectivity index (χ1n) is 21.1. The van der Waals surface area contributed by atoms with Crippen LogP contribution in [-0.4, -0.2) is 130 Å². The average Bonchev–Trinajstić information content (AvgIpc) is 3.95. The second kappa shape index (κ2) is 18.2. The standard InChI is InChI=1S/C42H64N8O9/c1-10-32-42(7)36(50(40(54)59-42)17-12-11-16-49-22-31(46-48-49)27-14-13-15-28(43)19-27)29-21-45-47-33(29)23(2)20-41(6,55-9)37(25(4)34(51)26(5)38(53)57-32)58-39-35(52)30(44-8)18-24(3)56-39/h13-15,19,22-26,29-30,32,35-37,39,44-45,52H,10-12,16-18,20-21,43H2,1-9H3/t23-,24-,25+,26-,29+,30+,32-,35?,36-,37-,39+,41-,42-/m1/s1. The highest BCUT2D eigenvalue weighted by molar-refractivity contribution is 6.00. The Bertz CT molecular complexity index is 1840. The number of nitrogens with two attached hydrogens (primary N) is 1. The quantitative estimate of drug-likeness (QED) is 0.111. The summed E-state index contributed by atoms with van der Waals surface area (Å²) in [5, 5.41) is 27.9. The third kappa shape index (κ3) is 8.99. The van der Waals surface area contributed by atoms with Crippen LogP contribution in [0, 0.1) is 23.7 Å². The van der Waals surface area contributed by atoms with Crippen molar-refractivity contribution in [2.24, 2.45) is 28.8 Å². The monoisotopic (exact) mass is 824 g/mol. The molecule has 1 aromatic carbocycles. The molecule has 3 saturated heterocycles. The number of nitrogens with zero attached hydrogens (tertiary/aromatic N) is 5. The minimum atomic E-state index is -1.28. The highest BCUT2D eigenvalue weighted by atomic mass is 16.7.